The summed E-state index contributed by atoms with van der Waals surface area (Å²) in [5.41, 5.74) is 6.63. The molecular weight excluding hydrogens is 512 g/mol. The Hall–Kier alpha value is -3.51. The van der Waals surface area contributed by atoms with E-state index >= 15 is 0 Å². The minimum atomic E-state index is -4.60. The van der Waals surface area contributed by atoms with E-state index in [2.05, 4.69) is 40.6 Å². The van der Waals surface area contributed by atoms with E-state index in [0.717, 1.165) is 0 Å². The number of sulfonamides is 2. The molecule has 0 radical (unpaired) electrons. The van der Waals surface area contributed by atoms with E-state index in [0.29, 0.717) is 36.1 Å². The monoisotopic (exact) mass is 534 g/mol. The van der Waals surface area contributed by atoms with Crippen LogP contribution in [0.3, 0.4) is 0 Å². The summed E-state index contributed by atoms with van der Waals surface area (Å²) >= 11 is 0. The fraction of sp³-hybridized carbons (Fsp3) is 0.316. The van der Waals surface area contributed by atoms with Gasteiger partial charge in [0.2, 0.25) is 20.0 Å². The van der Waals surface area contributed by atoms with E-state index in [1.165, 1.54) is 12.2 Å². The second kappa shape index (κ2) is 8.86. The summed E-state index contributed by atoms with van der Waals surface area (Å²) in [4.78, 5) is 17.7. The Morgan fingerprint density at radius 3 is 2.64 bits per heavy atom. The molecule has 2 aromatic heterocycles. The molecule has 17 heteroatoms. The minimum absolute atomic E-state index is 0.0896. The van der Waals surface area contributed by atoms with Gasteiger partial charge >= 0.3 is 0 Å². The second-order valence-corrected chi connectivity index (χ2v) is 11.6. The van der Waals surface area contributed by atoms with E-state index in [1.807, 2.05) is 0 Å². The first kappa shape index (κ1) is 24.2. The molecule has 1 aliphatic heterocycles. The van der Waals surface area contributed by atoms with E-state index in [-0.39, 0.29) is 11.6 Å². The zero-order valence-corrected chi connectivity index (χ0v) is 20.2. The predicted molar refractivity (Wildman–Crippen MR) is 127 cm³/mol. The summed E-state index contributed by atoms with van der Waals surface area (Å²) in [7, 11) is -8.90. The van der Waals surface area contributed by atoms with Crippen molar-refractivity contribution in [2.75, 3.05) is 13.1 Å². The summed E-state index contributed by atoms with van der Waals surface area (Å²) in [5.74, 6) is -3.07. The molecule has 5 rings (SSSR count). The SMILES string of the molecule is NC(=O)c1nc2c(C3C=CC(S(=O)(=O)N[C@@H]4CCNC4)=C(S(N)(=O)=O)C3c3nn[nH]n3)cccc2[nH]1. The highest BCUT2D eigenvalue weighted by Gasteiger charge is 2.43. The van der Waals surface area contributed by atoms with Gasteiger partial charge in [-0.05, 0) is 30.7 Å². The Morgan fingerprint density at radius 2 is 2.00 bits per heavy atom. The zero-order valence-electron chi connectivity index (χ0n) is 18.5. The van der Waals surface area contributed by atoms with Crippen LogP contribution < -0.4 is 20.9 Å². The number of imidazole rings is 1. The van der Waals surface area contributed by atoms with Crippen LogP contribution in [0, 0.1) is 0 Å². The highest BCUT2D eigenvalue weighted by molar-refractivity contribution is 7.97. The molecule has 0 bridgehead atoms. The number of hydrogen-bond acceptors (Lipinski definition) is 10. The standard InChI is InChI=1S/C19H22N10O5S2/c20-17(30)19-23-12-3-1-2-11(15(12)24-19)10-4-5-13(36(33,34)27-9-6-7-22-8-9)16(35(21,31)32)14(10)18-25-28-29-26-18/h1-5,9-10,14,22,27H,6-8H2,(H2,20,30)(H,23,24)(H2,21,31,32)(H,25,26,28,29)/t9-,10?,14?/m1/s1. The fourth-order valence-electron chi connectivity index (χ4n) is 4.58. The number of nitrogens with one attached hydrogen (secondary N) is 4. The Kier molecular flexibility index (Phi) is 5.95. The maximum Gasteiger partial charge on any atom is 0.284 e. The third kappa shape index (κ3) is 4.30. The van der Waals surface area contributed by atoms with Gasteiger partial charge in [0, 0.05) is 18.5 Å². The van der Waals surface area contributed by atoms with Gasteiger partial charge in [0.15, 0.2) is 11.6 Å². The van der Waals surface area contributed by atoms with Gasteiger partial charge in [-0.25, -0.2) is 31.7 Å². The molecule has 3 heterocycles. The van der Waals surface area contributed by atoms with Crippen LogP contribution >= 0.6 is 0 Å². The fourth-order valence-corrected chi connectivity index (χ4v) is 7.63. The summed E-state index contributed by atoms with van der Waals surface area (Å²) in [6.45, 7) is 1.03. The molecule has 0 saturated carbocycles. The Balaban J connectivity index is 1.71. The van der Waals surface area contributed by atoms with Crippen LogP contribution in [-0.2, 0) is 20.0 Å². The van der Waals surface area contributed by atoms with Gasteiger partial charge in [-0.2, -0.15) is 5.21 Å². The van der Waals surface area contributed by atoms with Crippen LogP contribution in [0.5, 0.6) is 0 Å². The van der Waals surface area contributed by atoms with Crippen LogP contribution in [0.15, 0.2) is 40.2 Å². The third-order valence-electron chi connectivity index (χ3n) is 6.09. The number of tetrazole rings is 1. The van der Waals surface area contributed by atoms with Gasteiger partial charge in [-0.3, -0.25) is 4.79 Å². The number of allylic oxidation sites excluding steroid dienone is 3. The van der Waals surface area contributed by atoms with Crippen molar-refractivity contribution >= 4 is 37.0 Å². The molecule has 3 aromatic rings. The number of rotatable bonds is 7. The third-order valence-corrected chi connectivity index (χ3v) is 8.89. The summed E-state index contributed by atoms with van der Waals surface area (Å²) in [6, 6.07) is 4.59. The number of carbonyl (C=O) groups is 1. The molecule has 1 amide bonds. The number of aromatic nitrogens is 6. The Morgan fingerprint density at radius 1 is 1.19 bits per heavy atom. The predicted octanol–water partition coefficient (Wildman–Crippen LogP) is -1.61. The largest absolute Gasteiger partial charge is 0.363 e. The lowest BCUT2D eigenvalue weighted by Crippen LogP contribution is -2.39. The summed E-state index contributed by atoms with van der Waals surface area (Å²) in [5, 5.41) is 22.3. The van der Waals surface area contributed by atoms with E-state index < -0.39 is 53.6 Å². The van der Waals surface area contributed by atoms with Gasteiger partial charge in [0.1, 0.15) is 0 Å². The number of aromatic amines is 2. The molecule has 190 valence electrons. The topological polar surface area (TPSA) is 245 Å². The molecule has 2 aliphatic rings. The number of carbonyl (C=O) groups excluding carboxylic acids is 1. The normalized spacial score (nSPS) is 23.0. The number of nitrogens with two attached hydrogens (primary N) is 2. The highest BCUT2D eigenvalue weighted by atomic mass is 32.2. The Bertz CT molecular complexity index is 1600. The van der Waals surface area contributed by atoms with Crippen molar-refractivity contribution < 1.29 is 21.6 Å². The molecule has 2 unspecified atom stereocenters. The lowest BCUT2D eigenvalue weighted by molar-refractivity contribution is 0.0991. The molecule has 1 saturated heterocycles. The quantitative estimate of drug-likeness (QED) is 0.202. The molecular formula is C19H22N10O5S2. The molecule has 1 aliphatic carbocycles. The molecule has 15 nitrogen and oxygen atoms in total. The van der Waals surface area contributed by atoms with E-state index in [9.17, 15) is 21.6 Å². The van der Waals surface area contributed by atoms with Crippen LogP contribution in [0.2, 0.25) is 0 Å². The number of para-hydroxylation sites is 1. The Labute approximate surface area is 204 Å². The zero-order chi connectivity index (χ0) is 25.7. The molecule has 1 aromatic carbocycles. The van der Waals surface area contributed by atoms with Gasteiger partial charge < -0.3 is 16.0 Å². The van der Waals surface area contributed by atoms with Gasteiger partial charge in [0.05, 0.1) is 26.8 Å². The van der Waals surface area contributed by atoms with Crippen LogP contribution in [-0.4, -0.2) is 72.5 Å². The van der Waals surface area contributed by atoms with Crippen molar-refractivity contribution in [3.05, 3.63) is 57.4 Å². The molecule has 1 fully saturated rings. The smallest absolute Gasteiger partial charge is 0.284 e. The molecule has 3 atom stereocenters. The van der Waals surface area contributed by atoms with Crippen molar-refractivity contribution in [2.24, 2.45) is 10.9 Å². The summed E-state index contributed by atoms with van der Waals surface area (Å²) in [6.07, 6.45) is 3.26. The van der Waals surface area contributed by atoms with Crippen LogP contribution in [0.25, 0.3) is 11.0 Å². The molecule has 36 heavy (non-hydrogen) atoms. The maximum atomic E-state index is 13.3. The van der Waals surface area contributed by atoms with Crippen LogP contribution in [0.4, 0.5) is 0 Å². The number of H-pyrrole nitrogens is 2. The van der Waals surface area contributed by atoms with E-state index in [1.54, 1.807) is 18.2 Å². The number of benzene rings is 1. The second-order valence-electron chi connectivity index (χ2n) is 8.41. The molecule has 8 N–H and O–H groups in total. The number of nitrogens with zero attached hydrogens (tertiary/aromatic N) is 4. The van der Waals surface area contributed by atoms with Crippen molar-refractivity contribution in [2.45, 2.75) is 24.3 Å². The first-order valence-corrected chi connectivity index (χ1v) is 13.8. The lowest BCUT2D eigenvalue weighted by Gasteiger charge is -2.29. The van der Waals surface area contributed by atoms with Gasteiger partial charge in [-0.15, -0.1) is 10.2 Å². The van der Waals surface area contributed by atoms with Crippen LogP contribution in [0.1, 0.15) is 40.3 Å². The number of fused-ring (bicyclic) bond motifs is 1. The van der Waals surface area contributed by atoms with Crippen molar-refractivity contribution in [1.82, 2.24) is 40.6 Å². The van der Waals surface area contributed by atoms with Crippen molar-refractivity contribution in [3.8, 4) is 0 Å². The first-order valence-electron chi connectivity index (χ1n) is 10.8. The lowest BCUT2D eigenvalue weighted by atomic mass is 9.81. The van der Waals surface area contributed by atoms with E-state index in [4.69, 9.17) is 10.9 Å². The van der Waals surface area contributed by atoms with Gasteiger partial charge in [-0.1, -0.05) is 23.4 Å². The minimum Gasteiger partial charge on any atom is -0.363 e. The summed E-state index contributed by atoms with van der Waals surface area (Å²) < 4.78 is 55.1. The number of hydrogen-bond donors (Lipinski definition) is 6. The highest BCUT2D eigenvalue weighted by Crippen LogP contribution is 2.46. The molecule has 0 spiro atoms. The average Bonchev–Trinajstić information content (AvgIpc) is 3.58. The van der Waals surface area contributed by atoms with Crippen molar-refractivity contribution in [3.63, 3.8) is 0 Å². The van der Waals surface area contributed by atoms with Crippen molar-refractivity contribution in [1.29, 1.82) is 0 Å². The maximum absolute atomic E-state index is 13.3. The first-order chi connectivity index (χ1) is 17.1. The number of amides is 1. The number of primary amides is 1. The average molecular weight is 535 g/mol. The number of primary sulfonamides is 1. The van der Waals surface area contributed by atoms with Gasteiger partial charge in [0.25, 0.3) is 5.91 Å².